The highest BCUT2D eigenvalue weighted by atomic mass is 32.2. The molecule has 146 valence electrons. The second-order valence-corrected chi connectivity index (χ2v) is 9.04. The van der Waals surface area contributed by atoms with Crippen LogP contribution in [0.3, 0.4) is 0 Å². The van der Waals surface area contributed by atoms with Crippen LogP contribution in [-0.4, -0.2) is 39.4 Å². The molecule has 4 rings (SSSR count). The lowest BCUT2D eigenvalue weighted by Crippen LogP contribution is -2.29. The number of aromatic amines is 1. The zero-order chi connectivity index (χ0) is 19.3. The van der Waals surface area contributed by atoms with E-state index in [0.29, 0.717) is 5.16 Å². The molecule has 2 aromatic heterocycles. The molecule has 0 aliphatic carbocycles. The number of hydrogen-bond donors (Lipinski definition) is 2. The smallest absolute Gasteiger partial charge is 0.237 e. The van der Waals surface area contributed by atoms with Gasteiger partial charge in [-0.1, -0.05) is 17.8 Å². The second kappa shape index (κ2) is 8.79. The molecule has 0 saturated carbocycles. The number of nitrogens with zero attached hydrogens (tertiary/aromatic N) is 3. The lowest BCUT2D eigenvalue weighted by atomic mass is 10.1. The summed E-state index contributed by atoms with van der Waals surface area (Å²) in [5.41, 5.74) is 2.04. The summed E-state index contributed by atoms with van der Waals surface area (Å²) in [4.78, 5) is 20.4. The predicted molar refractivity (Wildman–Crippen MR) is 116 cm³/mol. The first-order chi connectivity index (χ1) is 13.7. The van der Waals surface area contributed by atoms with Crippen molar-refractivity contribution in [1.82, 2.24) is 15.2 Å². The maximum Gasteiger partial charge on any atom is 0.237 e. The molecule has 0 radical (unpaired) electrons. The van der Waals surface area contributed by atoms with Crippen LogP contribution >= 0.6 is 23.1 Å². The van der Waals surface area contributed by atoms with Gasteiger partial charge in [-0.25, -0.2) is 4.98 Å². The van der Waals surface area contributed by atoms with Crippen LogP contribution in [0, 0.1) is 0 Å². The van der Waals surface area contributed by atoms with Crippen LogP contribution in [-0.2, 0) is 4.79 Å². The number of hydrogen-bond acceptors (Lipinski definition) is 6. The van der Waals surface area contributed by atoms with E-state index >= 15 is 0 Å². The van der Waals surface area contributed by atoms with E-state index in [0.717, 1.165) is 29.5 Å². The molecule has 1 aliphatic heterocycles. The summed E-state index contributed by atoms with van der Waals surface area (Å²) in [6, 6.07) is 12.1. The van der Waals surface area contributed by atoms with Crippen molar-refractivity contribution in [1.29, 1.82) is 0 Å². The maximum absolute atomic E-state index is 12.5. The molecule has 2 N–H and O–H groups in total. The van der Waals surface area contributed by atoms with Crippen molar-refractivity contribution in [2.24, 2.45) is 0 Å². The van der Waals surface area contributed by atoms with Gasteiger partial charge in [0.05, 0.1) is 10.1 Å². The molecule has 3 heterocycles. The molecule has 1 fully saturated rings. The van der Waals surface area contributed by atoms with Gasteiger partial charge in [0, 0.05) is 24.5 Å². The number of carbonyl (C=O) groups is 1. The fraction of sp³-hybridized carbons (Fsp3) is 0.350. The van der Waals surface area contributed by atoms with E-state index in [1.54, 1.807) is 11.3 Å². The van der Waals surface area contributed by atoms with Gasteiger partial charge in [0.2, 0.25) is 11.1 Å². The predicted octanol–water partition coefficient (Wildman–Crippen LogP) is 4.64. The first kappa shape index (κ1) is 19.0. The van der Waals surface area contributed by atoms with Crippen LogP contribution in [0.1, 0.15) is 26.2 Å². The Morgan fingerprint density at radius 2 is 2.00 bits per heavy atom. The minimum absolute atomic E-state index is 0.0572. The molecule has 0 unspecified atom stereocenters. The van der Waals surface area contributed by atoms with Crippen molar-refractivity contribution >= 4 is 40.4 Å². The molecule has 28 heavy (non-hydrogen) atoms. The Bertz CT molecular complexity index is 901. The number of thiophene rings is 1. The highest BCUT2D eigenvalue weighted by Crippen LogP contribution is 2.26. The summed E-state index contributed by atoms with van der Waals surface area (Å²) < 4.78 is 0. The summed E-state index contributed by atoms with van der Waals surface area (Å²) in [5.74, 6) is 0.677. The largest absolute Gasteiger partial charge is 0.372 e. The summed E-state index contributed by atoms with van der Waals surface area (Å²) in [5, 5.41) is 12.4. The van der Waals surface area contributed by atoms with Crippen LogP contribution in [0.25, 0.3) is 10.7 Å². The summed E-state index contributed by atoms with van der Waals surface area (Å²) >= 11 is 2.95. The molecule has 0 spiro atoms. The van der Waals surface area contributed by atoms with Crippen molar-refractivity contribution in [3.8, 4) is 10.7 Å². The van der Waals surface area contributed by atoms with Crippen molar-refractivity contribution in [3.63, 3.8) is 0 Å². The number of thioether (sulfide) groups is 1. The summed E-state index contributed by atoms with van der Waals surface area (Å²) in [7, 11) is 0. The van der Waals surface area contributed by atoms with E-state index < -0.39 is 0 Å². The van der Waals surface area contributed by atoms with Crippen molar-refractivity contribution in [2.45, 2.75) is 36.6 Å². The Labute approximate surface area is 172 Å². The zero-order valence-corrected chi connectivity index (χ0v) is 17.4. The van der Waals surface area contributed by atoms with Gasteiger partial charge in [-0.15, -0.1) is 16.4 Å². The molecule has 1 amide bonds. The lowest BCUT2D eigenvalue weighted by Gasteiger charge is -2.28. The van der Waals surface area contributed by atoms with Crippen LogP contribution < -0.4 is 10.2 Å². The average molecular weight is 414 g/mol. The van der Waals surface area contributed by atoms with Gasteiger partial charge in [0.25, 0.3) is 0 Å². The molecule has 0 bridgehead atoms. The van der Waals surface area contributed by atoms with Crippen molar-refractivity contribution < 1.29 is 4.79 Å². The Hall–Kier alpha value is -2.32. The summed E-state index contributed by atoms with van der Waals surface area (Å²) in [6.07, 6.45) is 3.82. The molecule has 1 aliphatic rings. The normalized spacial score (nSPS) is 15.4. The van der Waals surface area contributed by atoms with Gasteiger partial charge in [0.1, 0.15) is 0 Å². The number of rotatable bonds is 6. The fourth-order valence-corrected chi connectivity index (χ4v) is 4.57. The van der Waals surface area contributed by atoms with E-state index in [1.807, 2.05) is 36.6 Å². The maximum atomic E-state index is 12.5. The SMILES string of the molecule is C[C@H](Sc1n[nH]c(-c2cccs2)n1)C(=O)Nc1ccc(N2CCCCC2)cc1. The van der Waals surface area contributed by atoms with Gasteiger partial charge in [-0.3, -0.25) is 9.89 Å². The monoisotopic (exact) mass is 413 g/mol. The van der Waals surface area contributed by atoms with Crippen LogP contribution in [0.2, 0.25) is 0 Å². The molecule has 6 nitrogen and oxygen atoms in total. The van der Waals surface area contributed by atoms with E-state index in [2.05, 4.69) is 37.5 Å². The first-order valence-corrected chi connectivity index (χ1v) is 11.2. The number of aromatic nitrogens is 3. The Morgan fingerprint density at radius 1 is 1.21 bits per heavy atom. The van der Waals surface area contributed by atoms with E-state index in [1.165, 1.54) is 36.7 Å². The van der Waals surface area contributed by atoms with Gasteiger partial charge in [0.15, 0.2) is 5.82 Å². The quantitative estimate of drug-likeness (QED) is 0.576. The number of amides is 1. The summed E-state index contributed by atoms with van der Waals surface area (Å²) in [6.45, 7) is 4.09. The Balaban J connectivity index is 1.33. The minimum atomic E-state index is -0.297. The standard InChI is InChI=1S/C20H23N5OS2/c1-14(28-20-22-18(23-24-20)17-6-5-13-27-17)19(26)21-15-7-9-16(10-8-15)25-11-3-2-4-12-25/h5-10,13-14H,2-4,11-12H2,1H3,(H,21,26)(H,22,23,24)/t14-/m0/s1. The van der Waals surface area contributed by atoms with Crippen LogP contribution in [0.5, 0.6) is 0 Å². The van der Waals surface area contributed by atoms with E-state index in [-0.39, 0.29) is 11.2 Å². The third kappa shape index (κ3) is 4.56. The number of H-pyrrole nitrogens is 1. The highest BCUT2D eigenvalue weighted by Gasteiger charge is 2.18. The third-order valence-corrected chi connectivity index (χ3v) is 6.56. The number of nitrogens with one attached hydrogen (secondary N) is 2. The number of piperidine rings is 1. The van der Waals surface area contributed by atoms with Gasteiger partial charge >= 0.3 is 0 Å². The molecular formula is C20H23N5OS2. The molecule has 3 aromatic rings. The Kier molecular flexibility index (Phi) is 5.97. The van der Waals surface area contributed by atoms with E-state index in [9.17, 15) is 4.79 Å². The molecule has 8 heteroatoms. The number of anilines is 2. The molecule has 1 saturated heterocycles. The molecule has 1 atom stereocenters. The molecular weight excluding hydrogens is 390 g/mol. The van der Waals surface area contributed by atoms with Gasteiger partial charge < -0.3 is 10.2 Å². The van der Waals surface area contributed by atoms with Crippen LogP contribution in [0.15, 0.2) is 46.9 Å². The fourth-order valence-electron chi connectivity index (χ4n) is 3.19. The topological polar surface area (TPSA) is 73.9 Å². The average Bonchev–Trinajstić information content (AvgIpc) is 3.41. The van der Waals surface area contributed by atoms with Crippen molar-refractivity contribution in [3.05, 3.63) is 41.8 Å². The van der Waals surface area contributed by atoms with E-state index in [4.69, 9.17) is 0 Å². The minimum Gasteiger partial charge on any atom is -0.372 e. The van der Waals surface area contributed by atoms with Crippen LogP contribution in [0.4, 0.5) is 11.4 Å². The van der Waals surface area contributed by atoms with Gasteiger partial charge in [-0.05, 0) is 61.9 Å². The highest BCUT2D eigenvalue weighted by molar-refractivity contribution is 8.00. The number of carbonyl (C=O) groups excluding carboxylic acids is 1. The van der Waals surface area contributed by atoms with Gasteiger partial charge in [-0.2, -0.15) is 0 Å². The third-order valence-electron chi connectivity index (χ3n) is 4.73. The Morgan fingerprint density at radius 3 is 2.71 bits per heavy atom. The second-order valence-electron chi connectivity index (χ2n) is 6.79. The number of benzene rings is 1. The lowest BCUT2D eigenvalue weighted by molar-refractivity contribution is -0.115. The first-order valence-electron chi connectivity index (χ1n) is 9.48. The zero-order valence-electron chi connectivity index (χ0n) is 15.7. The van der Waals surface area contributed by atoms with Crippen molar-refractivity contribution in [2.75, 3.05) is 23.3 Å². The molecule has 1 aromatic carbocycles.